The van der Waals surface area contributed by atoms with Crippen LogP contribution in [0.25, 0.3) is 16.8 Å². The lowest BCUT2D eigenvalue weighted by Gasteiger charge is -2.05. The standard InChI is InChI=1S/C22H23N/c1-4-5-6-9-18(2)11-12-19(3)20-13-15-21(16-14-20)22-10-7-8-17-23-22/h4-10,12-17H,1,11H2,2-3H3/b6-5-,18-9+,19-12+. The van der Waals surface area contributed by atoms with Gasteiger partial charge in [0.2, 0.25) is 0 Å². The molecule has 2 rings (SSSR count). The molecule has 0 aliphatic carbocycles. The molecule has 0 saturated carbocycles. The molecule has 1 aromatic heterocycles. The fraction of sp³-hybridized carbons (Fsp3) is 0.136. The Bertz CT molecular complexity index is 716. The number of aromatic nitrogens is 1. The van der Waals surface area contributed by atoms with Crippen molar-refractivity contribution in [3.63, 3.8) is 0 Å². The predicted octanol–water partition coefficient (Wildman–Crippen LogP) is 6.23. The number of benzene rings is 1. The topological polar surface area (TPSA) is 12.9 Å². The molecule has 2 aromatic rings. The largest absolute Gasteiger partial charge is 0.256 e. The number of hydrogen-bond donors (Lipinski definition) is 0. The summed E-state index contributed by atoms with van der Waals surface area (Å²) in [5.74, 6) is 0. The van der Waals surface area contributed by atoms with Crippen molar-refractivity contribution in [3.8, 4) is 11.3 Å². The van der Waals surface area contributed by atoms with E-state index in [4.69, 9.17) is 0 Å². The molecule has 1 aromatic carbocycles. The van der Waals surface area contributed by atoms with Gasteiger partial charge in [0.25, 0.3) is 0 Å². The predicted molar refractivity (Wildman–Crippen MR) is 101 cm³/mol. The second kappa shape index (κ2) is 8.70. The van der Waals surface area contributed by atoms with E-state index < -0.39 is 0 Å². The van der Waals surface area contributed by atoms with E-state index in [2.05, 4.69) is 61.8 Å². The van der Waals surface area contributed by atoms with Crippen molar-refractivity contribution in [2.24, 2.45) is 0 Å². The molecule has 1 nitrogen and oxygen atoms in total. The van der Waals surface area contributed by atoms with Gasteiger partial charge in [-0.25, -0.2) is 0 Å². The summed E-state index contributed by atoms with van der Waals surface area (Å²) in [6.45, 7) is 7.96. The lowest BCUT2D eigenvalue weighted by atomic mass is 10.0. The molecule has 1 heteroatoms. The highest BCUT2D eigenvalue weighted by molar-refractivity contribution is 5.68. The summed E-state index contributed by atoms with van der Waals surface area (Å²) in [5, 5.41) is 0. The van der Waals surface area contributed by atoms with Crippen molar-refractivity contribution in [1.82, 2.24) is 4.98 Å². The minimum absolute atomic E-state index is 0.954. The molecule has 116 valence electrons. The van der Waals surface area contributed by atoms with Crippen LogP contribution in [0.3, 0.4) is 0 Å². The van der Waals surface area contributed by atoms with Gasteiger partial charge in [0.05, 0.1) is 5.69 Å². The molecule has 0 aliphatic rings. The second-order valence-corrected chi connectivity index (χ2v) is 5.52. The highest BCUT2D eigenvalue weighted by atomic mass is 14.7. The summed E-state index contributed by atoms with van der Waals surface area (Å²) < 4.78 is 0. The van der Waals surface area contributed by atoms with E-state index >= 15 is 0 Å². The van der Waals surface area contributed by atoms with Crippen LogP contribution in [0.2, 0.25) is 0 Å². The summed E-state index contributed by atoms with van der Waals surface area (Å²) in [6, 6.07) is 14.6. The molecule has 0 spiro atoms. The van der Waals surface area contributed by atoms with Gasteiger partial charge < -0.3 is 0 Å². The Kier molecular flexibility index (Phi) is 6.31. The SMILES string of the molecule is C=C/C=C\C=C(/C)C/C=C(\C)c1ccc(-c2ccccn2)cc1. The minimum atomic E-state index is 0.954. The van der Waals surface area contributed by atoms with Crippen LogP contribution in [0.1, 0.15) is 25.8 Å². The first-order chi connectivity index (χ1) is 11.2. The van der Waals surface area contributed by atoms with Gasteiger partial charge in [-0.3, -0.25) is 4.98 Å². The molecule has 0 saturated heterocycles. The lowest BCUT2D eigenvalue weighted by Crippen LogP contribution is -1.84. The van der Waals surface area contributed by atoms with Gasteiger partial charge in [0, 0.05) is 11.8 Å². The zero-order valence-electron chi connectivity index (χ0n) is 13.9. The van der Waals surface area contributed by atoms with Crippen molar-refractivity contribution in [3.05, 3.63) is 96.8 Å². The van der Waals surface area contributed by atoms with Crippen LogP contribution in [0.15, 0.2) is 91.2 Å². The summed E-state index contributed by atoms with van der Waals surface area (Å²) >= 11 is 0. The van der Waals surface area contributed by atoms with E-state index in [0.29, 0.717) is 0 Å². The molecular weight excluding hydrogens is 278 g/mol. The van der Waals surface area contributed by atoms with E-state index in [-0.39, 0.29) is 0 Å². The van der Waals surface area contributed by atoms with Crippen LogP contribution < -0.4 is 0 Å². The first-order valence-corrected chi connectivity index (χ1v) is 7.84. The Morgan fingerprint density at radius 1 is 1.04 bits per heavy atom. The number of pyridine rings is 1. The maximum Gasteiger partial charge on any atom is 0.0701 e. The van der Waals surface area contributed by atoms with E-state index in [1.165, 1.54) is 16.7 Å². The lowest BCUT2D eigenvalue weighted by molar-refractivity contribution is 1.21. The maximum atomic E-state index is 4.38. The quantitative estimate of drug-likeness (QED) is 0.576. The van der Waals surface area contributed by atoms with Gasteiger partial charge in [-0.05, 0) is 43.5 Å². The molecule has 0 atom stereocenters. The minimum Gasteiger partial charge on any atom is -0.256 e. The summed E-state index contributed by atoms with van der Waals surface area (Å²) in [6.07, 6.45) is 12.9. The monoisotopic (exact) mass is 301 g/mol. The van der Waals surface area contributed by atoms with Gasteiger partial charge >= 0.3 is 0 Å². The average molecular weight is 301 g/mol. The second-order valence-electron chi connectivity index (χ2n) is 5.52. The van der Waals surface area contributed by atoms with E-state index in [0.717, 1.165) is 17.7 Å². The average Bonchev–Trinajstić information content (AvgIpc) is 2.61. The summed E-state index contributed by atoms with van der Waals surface area (Å²) in [5.41, 5.74) is 6.02. The van der Waals surface area contributed by atoms with Crippen molar-refractivity contribution >= 4 is 5.57 Å². The number of hydrogen-bond acceptors (Lipinski definition) is 1. The summed E-state index contributed by atoms with van der Waals surface area (Å²) in [4.78, 5) is 4.38. The molecule has 0 unspecified atom stereocenters. The normalized spacial score (nSPS) is 12.6. The van der Waals surface area contributed by atoms with Crippen molar-refractivity contribution in [1.29, 1.82) is 0 Å². The Morgan fingerprint density at radius 2 is 1.83 bits per heavy atom. The molecule has 0 N–H and O–H groups in total. The van der Waals surface area contributed by atoms with Gasteiger partial charge in [0.15, 0.2) is 0 Å². The highest BCUT2D eigenvalue weighted by Crippen LogP contribution is 2.21. The van der Waals surface area contributed by atoms with Crippen LogP contribution in [0.4, 0.5) is 0 Å². The molecule has 1 heterocycles. The van der Waals surface area contributed by atoms with Crippen molar-refractivity contribution in [2.45, 2.75) is 20.3 Å². The Hall–Kier alpha value is -2.67. The Morgan fingerprint density at radius 3 is 2.48 bits per heavy atom. The van der Waals surface area contributed by atoms with Gasteiger partial charge in [-0.2, -0.15) is 0 Å². The molecule has 0 amide bonds. The third kappa shape index (κ3) is 5.23. The van der Waals surface area contributed by atoms with Gasteiger partial charge in [0.1, 0.15) is 0 Å². The highest BCUT2D eigenvalue weighted by Gasteiger charge is 2.00. The van der Waals surface area contributed by atoms with Crippen LogP contribution >= 0.6 is 0 Å². The van der Waals surface area contributed by atoms with Crippen LogP contribution in [0, 0.1) is 0 Å². The summed E-state index contributed by atoms with van der Waals surface area (Å²) in [7, 11) is 0. The fourth-order valence-corrected chi connectivity index (χ4v) is 2.24. The first kappa shape index (κ1) is 16.7. The van der Waals surface area contributed by atoms with Gasteiger partial charge in [-0.15, -0.1) is 0 Å². The number of nitrogens with zero attached hydrogens (tertiary/aromatic N) is 1. The molecule has 0 aliphatic heterocycles. The molecule has 0 radical (unpaired) electrons. The van der Waals surface area contributed by atoms with E-state index in [1.54, 1.807) is 6.08 Å². The molecular formula is C22H23N. The van der Waals surface area contributed by atoms with E-state index in [1.807, 2.05) is 36.5 Å². The van der Waals surface area contributed by atoms with Crippen LogP contribution in [-0.2, 0) is 0 Å². The van der Waals surface area contributed by atoms with Gasteiger partial charge in [-0.1, -0.05) is 72.9 Å². The number of rotatable bonds is 6. The first-order valence-electron chi connectivity index (χ1n) is 7.84. The van der Waals surface area contributed by atoms with Crippen molar-refractivity contribution in [2.75, 3.05) is 0 Å². The third-order valence-electron chi connectivity index (χ3n) is 3.66. The van der Waals surface area contributed by atoms with E-state index in [9.17, 15) is 0 Å². The maximum absolute atomic E-state index is 4.38. The Labute approximate surface area is 139 Å². The third-order valence-corrected chi connectivity index (χ3v) is 3.66. The fourth-order valence-electron chi connectivity index (χ4n) is 2.24. The molecule has 0 bridgehead atoms. The van der Waals surface area contributed by atoms with Crippen LogP contribution in [-0.4, -0.2) is 4.98 Å². The zero-order chi connectivity index (χ0) is 16.5. The van der Waals surface area contributed by atoms with Crippen LogP contribution in [0.5, 0.6) is 0 Å². The smallest absolute Gasteiger partial charge is 0.0701 e. The zero-order valence-corrected chi connectivity index (χ0v) is 13.9. The molecule has 23 heavy (non-hydrogen) atoms. The Balaban J connectivity index is 2.06. The number of allylic oxidation sites excluding steroid dienone is 7. The molecule has 0 fully saturated rings. The van der Waals surface area contributed by atoms with Crippen molar-refractivity contribution < 1.29 is 0 Å².